The molecule has 0 aliphatic carbocycles. The Labute approximate surface area is 211 Å². The third-order valence-corrected chi connectivity index (χ3v) is 9.42. The zero-order chi connectivity index (χ0) is 25.8. The summed E-state index contributed by atoms with van der Waals surface area (Å²) in [5.41, 5.74) is 1.54. The summed E-state index contributed by atoms with van der Waals surface area (Å²) >= 11 is 0. The molecule has 0 bridgehead atoms. The number of rotatable bonds is 10. The van der Waals surface area contributed by atoms with Gasteiger partial charge in [0, 0.05) is 37.2 Å². The second-order valence-corrected chi connectivity index (χ2v) is 11.9. The van der Waals surface area contributed by atoms with E-state index in [0.29, 0.717) is 29.9 Å². The number of sulfone groups is 1. The van der Waals surface area contributed by atoms with Gasteiger partial charge in [0.1, 0.15) is 16.4 Å². The first-order chi connectivity index (χ1) is 16.6. The molecule has 0 spiro atoms. The summed E-state index contributed by atoms with van der Waals surface area (Å²) in [4.78, 5) is 2.14. The maximum Gasteiger partial charge on any atom is 0.182 e. The third-order valence-electron chi connectivity index (χ3n) is 7.40. The highest BCUT2D eigenvalue weighted by molar-refractivity contribution is 7.91. The summed E-state index contributed by atoms with van der Waals surface area (Å²) in [7, 11) is 3.21. The molecule has 7 heteroatoms. The molecule has 2 atom stereocenters. The Balaban J connectivity index is 2.38. The Morgan fingerprint density at radius 3 is 2.09 bits per heavy atom. The number of benzene rings is 2. The molecule has 3 rings (SSSR count). The fourth-order valence-electron chi connectivity index (χ4n) is 5.44. The van der Waals surface area contributed by atoms with E-state index in [4.69, 9.17) is 9.47 Å². The van der Waals surface area contributed by atoms with Crippen molar-refractivity contribution < 1.29 is 23.0 Å². The van der Waals surface area contributed by atoms with Crippen molar-refractivity contribution in [2.24, 2.45) is 5.41 Å². The lowest BCUT2D eigenvalue weighted by atomic mass is 9.68. The van der Waals surface area contributed by atoms with E-state index in [1.807, 2.05) is 49.3 Å². The molecule has 1 aliphatic rings. The average molecular weight is 504 g/mol. The van der Waals surface area contributed by atoms with Crippen LogP contribution in [0.15, 0.2) is 41.3 Å². The monoisotopic (exact) mass is 503 g/mol. The molecule has 0 aromatic heterocycles. The van der Waals surface area contributed by atoms with Gasteiger partial charge < -0.3 is 19.5 Å². The van der Waals surface area contributed by atoms with E-state index in [0.717, 1.165) is 36.9 Å². The zero-order valence-electron chi connectivity index (χ0n) is 22.0. The van der Waals surface area contributed by atoms with Gasteiger partial charge in [0.05, 0.1) is 26.1 Å². The number of hydrogen-bond donors (Lipinski definition) is 1. The molecular weight excluding hydrogens is 462 g/mol. The maximum absolute atomic E-state index is 14.1. The number of aliphatic hydroxyl groups excluding tert-OH is 1. The summed E-state index contributed by atoms with van der Waals surface area (Å²) in [5.74, 6) is 0.445. The van der Waals surface area contributed by atoms with Crippen molar-refractivity contribution in [2.75, 3.05) is 39.0 Å². The molecular formula is C28H41NO5S. The molecule has 0 fully saturated rings. The van der Waals surface area contributed by atoms with E-state index >= 15 is 0 Å². The van der Waals surface area contributed by atoms with Crippen LogP contribution < -0.4 is 14.4 Å². The molecule has 2 aromatic rings. The van der Waals surface area contributed by atoms with Gasteiger partial charge in [-0.3, -0.25) is 0 Å². The van der Waals surface area contributed by atoms with Crippen LogP contribution in [0.3, 0.4) is 0 Å². The van der Waals surface area contributed by atoms with Crippen LogP contribution in [0.4, 0.5) is 5.69 Å². The van der Waals surface area contributed by atoms with Crippen LogP contribution in [0.25, 0.3) is 0 Å². The van der Waals surface area contributed by atoms with E-state index in [1.54, 1.807) is 13.2 Å². The SMILES string of the molecule is CCCCC1(CCCC)CS(=O)(=O)c2c(OC)cc(N(C)C)cc2[C@@H](c2ccc(OC)cc2)[C@H]1O. The quantitative estimate of drug-likeness (QED) is 0.467. The van der Waals surface area contributed by atoms with Gasteiger partial charge in [0.15, 0.2) is 9.84 Å². The number of fused-ring (bicyclic) bond motifs is 1. The number of anilines is 1. The smallest absolute Gasteiger partial charge is 0.182 e. The Hall–Kier alpha value is -2.25. The minimum Gasteiger partial charge on any atom is -0.497 e. The van der Waals surface area contributed by atoms with Gasteiger partial charge in [0.25, 0.3) is 0 Å². The van der Waals surface area contributed by atoms with E-state index in [-0.39, 0.29) is 10.6 Å². The van der Waals surface area contributed by atoms with Gasteiger partial charge in [-0.25, -0.2) is 8.42 Å². The molecule has 0 unspecified atom stereocenters. The normalized spacial score (nSPS) is 20.5. The summed E-state index contributed by atoms with van der Waals surface area (Å²) in [6.45, 7) is 4.21. The number of nitrogens with zero attached hydrogens (tertiary/aromatic N) is 1. The molecule has 0 amide bonds. The Morgan fingerprint density at radius 2 is 1.60 bits per heavy atom. The third kappa shape index (κ3) is 5.46. The van der Waals surface area contributed by atoms with Gasteiger partial charge in [0.2, 0.25) is 0 Å². The van der Waals surface area contributed by atoms with E-state index in [9.17, 15) is 13.5 Å². The van der Waals surface area contributed by atoms with Crippen LogP contribution in [0.5, 0.6) is 11.5 Å². The molecule has 0 saturated heterocycles. The van der Waals surface area contributed by atoms with E-state index in [2.05, 4.69) is 13.8 Å². The maximum atomic E-state index is 14.1. The van der Waals surface area contributed by atoms with Crippen LogP contribution >= 0.6 is 0 Å². The van der Waals surface area contributed by atoms with Crippen molar-refractivity contribution in [3.05, 3.63) is 47.5 Å². The van der Waals surface area contributed by atoms with Crippen LogP contribution in [0.2, 0.25) is 0 Å². The number of ether oxygens (including phenoxy) is 2. The molecule has 2 aromatic carbocycles. The van der Waals surface area contributed by atoms with Crippen LogP contribution in [0.1, 0.15) is 69.4 Å². The predicted molar refractivity (Wildman–Crippen MR) is 142 cm³/mol. The highest BCUT2D eigenvalue weighted by Crippen LogP contribution is 2.52. The summed E-state index contributed by atoms with van der Waals surface area (Å²) < 4.78 is 39.2. The summed E-state index contributed by atoms with van der Waals surface area (Å²) in [5, 5.41) is 12.2. The van der Waals surface area contributed by atoms with E-state index in [1.165, 1.54) is 7.11 Å². The summed E-state index contributed by atoms with van der Waals surface area (Å²) in [6, 6.07) is 11.3. The number of methoxy groups -OCH3 is 2. The Bertz CT molecular complexity index is 1090. The van der Waals surface area contributed by atoms with Crippen molar-refractivity contribution in [1.82, 2.24) is 0 Å². The second kappa shape index (κ2) is 11.2. The minimum atomic E-state index is -3.75. The molecule has 35 heavy (non-hydrogen) atoms. The fourth-order valence-corrected chi connectivity index (χ4v) is 7.79. The van der Waals surface area contributed by atoms with Crippen molar-refractivity contribution in [3.63, 3.8) is 0 Å². The van der Waals surface area contributed by atoms with Gasteiger partial charge in [-0.2, -0.15) is 0 Å². The van der Waals surface area contributed by atoms with Gasteiger partial charge >= 0.3 is 0 Å². The summed E-state index contributed by atoms with van der Waals surface area (Å²) in [6.07, 6.45) is 4.06. The van der Waals surface area contributed by atoms with Gasteiger partial charge in [-0.15, -0.1) is 0 Å². The Kier molecular flexibility index (Phi) is 8.76. The average Bonchev–Trinajstić information content (AvgIpc) is 2.91. The molecule has 0 radical (unpaired) electrons. The fraction of sp³-hybridized carbons (Fsp3) is 0.571. The Morgan fingerprint density at radius 1 is 1.00 bits per heavy atom. The number of unbranched alkanes of at least 4 members (excludes halogenated alkanes) is 2. The molecule has 6 nitrogen and oxygen atoms in total. The molecule has 0 saturated carbocycles. The van der Waals surface area contributed by atoms with Gasteiger partial charge in [-0.05, 0) is 42.2 Å². The highest BCUT2D eigenvalue weighted by Gasteiger charge is 2.50. The van der Waals surface area contributed by atoms with Crippen LogP contribution in [-0.2, 0) is 9.84 Å². The minimum absolute atomic E-state index is 0.0848. The number of hydrogen-bond acceptors (Lipinski definition) is 6. The van der Waals surface area contributed by atoms with Crippen molar-refractivity contribution in [1.29, 1.82) is 0 Å². The van der Waals surface area contributed by atoms with Crippen LogP contribution in [-0.4, -0.2) is 53.7 Å². The first kappa shape index (κ1) is 27.3. The predicted octanol–water partition coefficient (Wildman–Crippen LogP) is 5.42. The van der Waals surface area contributed by atoms with Crippen molar-refractivity contribution in [3.8, 4) is 11.5 Å². The largest absolute Gasteiger partial charge is 0.497 e. The topological polar surface area (TPSA) is 76.1 Å². The van der Waals surface area contributed by atoms with Crippen molar-refractivity contribution >= 4 is 15.5 Å². The lowest BCUT2D eigenvalue weighted by Crippen LogP contribution is -2.43. The standard InChI is InChI=1S/C28H41NO5S/c1-7-9-15-28(16-10-8-2)19-35(31,32)26-23(17-21(29(3)4)18-24(26)34-6)25(27(28)30)20-11-13-22(33-5)14-12-20/h11-14,17-18,25,27,30H,7-10,15-16,19H2,1-6H3/t25-,27-/m1/s1. The second-order valence-electron chi connectivity index (χ2n) is 9.99. The van der Waals surface area contributed by atoms with Gasteiger partial charge in [-0.1, -0.05) is 51.7 Å². The molecule has 1 aliphatic heterocycles. The van der Waals surface area contributed by atoms with Crippen LogP contribution in [0, 0.1) is 5.41 Å². The highest BCUT2D eigenvalue weighted by atomic mass is 32.2. The lowest BCUT2D eigenvalue weighted by molar-refractivity contribution is 0.0127. The van der Waals surface area contributed by atoms with Crippen molar-refractivity contribution in [2.45, 2.75) is 69.3 Å². The first-order valence-corrected chi connectivity index (χ1v) is 14.2. The molecule has 194 valence electrons. The first-order valence-electron chi connectivity index (χ1n) is 12.6. The van der Waals surface area contributed by atoms with E-state index < -0.39 is 27.3 Å². The zero-order valence-corrected chi connectivity index (χ0v) is 22.8. The lowest BCUT2D eigenvalue weighted by Gasteiger charge is -2.40. The molecule has 1 N–H and O–H groups in total. The number of aliphatic hydroxyl groups is 1. The molecule has 1 heterocycles.